The number of carbonyl (C=O) groups is 1. The van der Waals surface area contributed by atoms with Crippen LogP contribution in [0.4, 0.5) is 4.79 Å². The Kier molecular flexibility index (Phi) is 6.31. The van der Waals surface area contributed by atoms with E-state index in [1.165, 1.54) is 0 Å². The van der Waals surface area contributed by atoms with Crippen molar-refractivity contribution in [2.45, 2.75) is 52.7 Å². The molecule has 0 aromatic heterocycles. The molecule has 0 spiro atoms. The third kappa shape index (κ3) is 6.36. The normalized spacial score (nSPS) is 16.2. The fourth-order valence-electron chi connectivity index (χ4n) is 1.17. The highest BCUT2D eigenvalue weighted by atomic mass is 35.5. The highest BCUT2D eigenvalue weighted by Gasteiger charge is 2.26. The summed E-state index contributed by atoms with van der Waals surface area (Å²) in [4.78, 5) is 11.6. The summed E-state index contributed by atoms with van der Waals surface area (Å²) in [6, 6.07) is -0.540. The van der Waals surface area contributed by atoms with E-state index in [4.69, 9.17) is 21.5 Å². The van der Waals surface area contributed by atoms with Crippen LogP contribution in [0.5, 0.6) is 0 Å². The summed E-state index contributed by atoms with van der Waals surface area (Å²) in [6.45, 7) is 9.16. The topological polar surface area (TPSA) is 70.9 Å². The predicted octanol–water partition coefficient (Wildman–Crippen LogP) is 2.95. The van der Waals surface area contributed by atoms with Crippen molar-refractivity contribution < 1.29 is 14.7 Å². The molecule has 0 saturated heterocycles. The first kappa shape index (κ1) is 16.0. The summed E-state index contributed by atoms with van der Waals surface area (Å²) in [7, 11) is 0. The molecule has 0 aliphatic carbocycles. The predicted molar refractivity (Wildman–Crippen MR) is 67.7 cm³/mol. The van der Waals surface area contributed by atoms with Gasteiger partial charge in [0, 0.05) is 0 Å². The minimum Gasteiger partial charge on any atom is -0.444 e. The molecular weight excluding hydrogens is 244 g/mol. The first-order chi connectivity index (χ1) is 7.71. The molecule has 0 aromatic rings. The molecule has 0 saturated carbocycles. The van der Waals surface area contributed by atoms with E-state index in [0.29, 0.717) is 0 Å². The Bertz CT molecular complexity index is 287. The number of carbonyl (C=O) groups excluding carboxylic acids is 1. The molecule has 0 aliphatic rings. The SMILES string of the molecule is CC[C@H](C)[C@H](NC(=O)OC(C)(C)C)/C(Cl)=N/O. The van der Waals surface area contributed by atoms with Crippen LogP contribution in [-0.4, -0.2) is 28.1 Å². The second-order valence-electron chi connectivity index (χ2n) is 4.93. The summed E-state index contributed by atoms with van der Waals surface area (Å²) < 4.78 is 5.11. The summed E-state index contributed by atoms with van der Waals surface area (Å²) in [5.74, 6) is 0.0471. The molecule has 1 amide bonds. The van der Waals surface area contributed by atoms with Crippen molar-refractivity contribution in [1.29, 1.82) is 0 Å². The van der Waals surface area contributed by atoms with Gasteiger partial charge in [0.2, 0.25) is 0 Å². The number of halogens is 1. The van der Waals surface area contributed by atoms with Crippen LogP contribution in [-0.2, 0) is 4.74 Å². The lowest BCUT2D eigenvalue weighted by atomic mass is 10.0. The number of nitrogens with one attached hydrogen (secondary N) is 1. The van der Waals surface area contributed by atoms with Crippen LogP contribution in [0.25, 0.3) is 0 Å². The van der Waals surface area contributed by atoms with E-state index in [1.54, 1.807) is 20.8 Å². The van der Waals surface area contributed by atoms with Gasteiger partial charge in [-0.1, -0.05) is 37.0 Å². The lowest BCUT2D eigenvalue weighted by Crippen LogP contribution is -2.45. The number of ether oxygens (including phenoxy) is 1. The highest BCUT2D eigenvalue weighted by molar-refractivity contribution is 6.66. The quantitative estimate of drug-likeness (QED) is 0.466. The molecular formula is C11H21ClN2O3. The fourth-order valence-corrected chi connectivity index (χ4v) is 1.44. The molecule has 0 aromatic carbocycles. The maximum Gasteiger partial charge on any atom is 0.408 e. The molecule has 0 radical (unpaired) electrons. The van der Waals surface area contributed by atoms with Crippen LogP contribution in [0.3, 0.4) is 0 Å². The van der Waals surface area contributed by atoms with E-state index in [1.807, 2.05) is 13.8 Å². The first-order valence-corrected chi connectivity index (χ1v) is 5.96. The van der Waals surface area contributed by atoms with E-state index in [9.17, 15) is 4.79 Å². The molecule has 0 bridgehead atoms. The Labute approximate surface area is 107 Å². The van der Waals surface area contributed by atoms with Gasteiger partial charge in [-0.25, -0.2) is 4.79 Å². The van der Waals surface area contributed by atoms with Gasteiger partial charge in [-0.2, -0.15) is 0 Å². The number of alkyl carbamates (subject to hydrolysis) is 1. The molecule has 0 fully saturated rings. The zero-order valence-corrected chi connectivity index (χ0v) is 11.7. The standard InChI is InChI=1S/C11H21ClN2O3/c1-6-7(2)8(9(12)14-16)13-10(15)17-11(3,4)5/h7-8,16H,6H2,1-5H3,(H,13,15)/b14-9-/t7-,8-/m0/s1. The van der Waals surface area contributed by atoms with E-state index in [-0.39, 0.29) is 11.1 Å². The lowest BCUT2D eigenvalue weighted by Gasteiger charge is -2.25. The van der Waals surface area contributed by atoms with Gasteiger partial charge in [-0.3, -0.25) is 0 Å². The van der Waals surface area contributed by atoms with Gasteiger partial charge in [0.25, 0.3) is 0 Å². The van der Waals surface area contributed by atoms with Crippen LogP contribution in [0, 0.1) is 5.92 Å². The van der Waals surface area contributed by atoms with Gasteiger partial charge in [0.15, 0.2) is 5.17 Å². The third-order valence-corrected chi connectivity index (χ3v) is 2.55. The maximum absolute atomic E-state index is 11.6. The van der Waals surface area contributed by atoms with Crippen LogP contribution < -0.4 is 5.32 Å². The average Bonchev–Trinajstić information content (AvgIpc) is 2.21. The highest BCUT2D eigenvalue weighted by Crippen LogP contribution is 2.13. The van der Waals surface area contributed by atoms with Crippen molar-refractivity contribution in [2.75, 3.05) is 0 Å². The number of amides is 1. The van der Waals surface area contributed by atoms with Crippen molar-refractivity contribution in [2.24, 2.45) is 11.1 Å². The number of hydrogen-bond acceptors (Lipinski definition) is 4. The van der Waals surface area contributed by atoms with Gasteiger partial charge in [0.1, 0.15) is 5.60 Å². The summed E-state index contributed by atoms with van der Waals surface area (Å²) in [5.41, 5.74) is -0.576. The molecule has 0 unspecified atom stereocenters. The molecule has 0 rings (SSSR count). The molecule has 0 aliphatic heterocycles. The largest absolute Gasteiger partial charge is 0.444 e. The molecule has 0 heterocycles. The van der Waals surface area contributed by atoms with Crippen molar-refractivity contribution in [1.82, 2.24) is 5.32 Å². The third-order valence-electron chi connectivity index (χ3n) is 2.24. The van der Waals surface area contributed by atoms with Crippen molar-refractivity contribution >= 4 is 22.9 Å². The summed E-state index contributed by atoms with van der Waals surface area (Å²) >= 11 is 5.75. The number of nitrogens with zero attached hydrogens (tertiary/aromatic N) is 1. The van der Waals surface area contributed by atoms with Crippen LogP contribution >= 0.6 is 11.6 Å². The minimum atomic E-state index is -0.579. The number of oxime groups is 1. The average molecular weight is 265 g/mol. The molecule has 17 heavy (non-hydrogen) atoms. The second-order valence-corrected chi connectivity index (χ2v) is 5.32. The van der Waals surface area contributed by atoms with Crippen molar-refractivity contribution in [3.8, 4) is 0 Å². The van der Waals surface area contributed by atoms with Gasteiger partial charge >= 0.3 is 6.09 Å². The van der Waals surface area contributed by atoms with Gasteiger partial charge in [-0.05, 0) is 26.7 Å². The number of rotatable bonds is 4. The second kappa shape index (κ2) is 6.69. The Morgan fingerprint density at radius 2 is 2.06 bits per heavy atom. The Hall–Kier alpha value is -0.970. The fraction of sp³-hybridized carbons (Fsp3) is 0.818. The zero-order chi connectivity index (χ0) is 13.6. The van der Waals surface area contributed by atoms with Gasteiger partial charge in [-0.15, -0.1) is 0 Å². The van der Waals surface area contributed by atoms with Crippen molar-refractivity contribution in [3.63, 3.8) is 0 Å². The Morgan fingerprint density at radius 3 is 2.41 bits per heavy atom. The number of hydrogen-bond donors (Lipinski definition) is 2. The first-order valence-electron chi connectivity index (χ1n) is 5.58. The Morgan fingerprint density at radius 1 is 1.53 bits per heavy atom. The van der Waals surface area contributed by atoms with E-state index < -0.39 is 17.7 Å². The molecule has 2 N–H and O–H groups in total. The molecule has 6 heteroatoms. The smallest absolute Gasteiger partial charge is 0.408 e. The van der Waals surface area contributed by atoms with Crippen molar-refractivity contribution in [3.05, 3.63) is 0 Å². The summed E-state index contributed by atoms with van der Waals surface area (Å²) in [5, 5.41) is 14.1. The molecule has 100 valence electrons. The van der Waals surface area contributed by atoms with E-state index in [2.05, 4.69) is 10.5 Å². The van der Waals surface area contributed by atoms with Crippen LogP contribution in [0.15, 0.2) is 5.16 Å². The monoisotopic (exact) mass is 264 g/mol. The minimum absolute atomic E-state index is 0.0471. The molecule has 5 nitrogen and oxygen atoms in total. The van der Waals surface area contributed by atoms with Crippen LogP contribution in [0.1, 0.15) is 41.0 Å². The lowest BCUT2D eigenvalue weighted by molar-refractivity contribution is 0.0506. The van der Waals surface area contributed by atoms with E-state index >= 15 is 0 Å². The van der Waals surface area contributed by atoms with Gasteiger partial charge < -0.3 is 15.3 Å². The summed E-state index contributed by atoms with van der Waals surface area (Å²) in [6.07, 6.45) is 0.205. The maximum atomic E-state index is 11.6. The van der Waals surface area contributed by atoms with E-state index in [0.717, 1.165) is 6.42 Å². The molecule has 2 atom stereocenters. The van der Waals surface area contributed by atoms with Crippen LogP contribution in [0.2, 0.25) is 0 Å². The zero-order valence-electron chi connectivity index (χ0n) is 11.0. The van der Waals surface area contributed by atoms with Gasteiger partial charge in [0.05, 0.1) is 6.04 Å². The Balaban J connectivity index is 4.60.